The van der Waals surface area contributed by atoms with Gasteiger partial charge in [-0.05, 0) is 61.4 Å². The molecule has 0 radical (unpaired) electrons. The Bertz CT molecular complexity index is 1360. The molecule has 2 aromatic carbocycles. The van der Waals surface area contributed by atoms with Crippen LogP contribution in [0, 0.1) is 6.92 Å². The first-order chi connectivity index (χ1) is 15.6. The molecule has 2 N–H and O–H groups in total. The molecule has 4 aromatic rings. The first-order valence-corrected chi connectivity index (χ1v) is 12.6. The maximum atomic E-state index is 12.9. The number of fused-ring (bicyclic) bond motifs is 2. The summed E-state index contributed by atoms with van der Waals surface area (Å²) in [4.78, 5) is 33.3. The summed E-state index contributed by atoms with van der Waals surface area (Å²) >= 11 is 2.70. The maximum Gasteiger partial charge on any atom is 0.260 e. The standard InChI is InChI=1S/C25H23N3O2S2/c1-15-6-10-19(11-7-15)26-21(29)14-32-25-27-23(30)22-20(13-31-24(22)28-25)18-9-8-16-4-2-3-5-17(16)12-18/h6-13H,2-5,14H2,1H3,(H,26,29)(H,27,28,30). The van der Waals surface area contributed by atoms with Gasteiger partial charge < -0.3 is 10.3 Å². The Kier molecular flexibility index (Phi) is 5.85. The number of hydrogen-bond donors (Lipinski definition) is 2. The first kappa shape index (κ1) is 21.0. The predicted octanol–water partition coefficient (Wildman–Crippen LogP) is 5.57. The second-order valence-corrected chi connectivity index (χ2v) is 9.92. The minimum atomic E-state index is -0.162. The van der Waals surface area contributed by atoms with E-state index in [1.165, 1.54) is 47.1 Å². The summed E-state index contributed by atoms with van der Waals surface area (Å²) in [5, 5.41) is 5.96. The lowest BCUT2D eigenvalue weighted by Crippen LogP contribution is -2.15. The van der Waals surface area contributed by atoms with Crippen molar-refractivity contribution in [2.75, 3.05) is 11.1 Å². The van der Waals surface area contributed by atoms with Gasteiger partial charge in [0, 0.05) is 16.6 Å². The highest BCUT2D eigenvalue weighted by atomic mass is 32.2. The number of amides is 1. The third-order valence-electron chi connectivity index (χ3n) is 5.76. The van der Waals surface area contributed by atoms with Crippen molar-refractivity contribution in [3.05, 3.63) is 74.9 Å². The van der Waals surface area contributed by atoms with E-state index in [0.29, 0.717) is 15.4 Å². The van der Waals surface area contributed by atoms with Crippen molar-refractivity contribution in [2.24, 2.45) is 0 Å². The number of aromatic amines is 1. The van der Waals surface area contributed by atoms with Crippen LogP contribution in [0.4, 0.5) is 5.69 Å². The van der Waals surface area contributed by atoms with Gasteiger partial charge in [0.25, 0.3) is 5.56 Å². The van der Waals surface area contributed by atoms with E-state index in [1.807, 2.05) is 36.6 Å². The van der Waals surface area contributed by atoms with Crippen LogP contribution in [0.1, 0.15) is 29.5 Å². The summed E-state index contributed by atoms with van der Waals surface area (Å²) < 4.78 is 0. The molecule has 0 atom stereocenters. The van der Waals surface area contributed by atoms with E-state index < -0.39 is 0 Å². The molecule has 162 valence electrons. The number of nitrogens with one attached hydrogen (secondary N) is 2. The van der Waals surface area contributed by atoms with Gasteiger partial charge in [-0.15, -0.1) is 11.3 Å². The van der Waals surface area contributed by atoms with Crippen LogP contribution in [0.25, 0.3) is 21.3 Å². The summed E-state index contributed by atoms with van der Waals surface area (Å²) in [6, 6.07) is 14.2. The van der Waals surface area contributed by atoms with Crippen LogP contribution in [-0.2, 0) is 17.6 Å². The van der Waals surface area contributed by atoms with Gasteiger partial charge in [0.05, 0.1) is 11.1 Å². The summed E-state index contributed by atoms with van der Waals surface area (Å²) in [7, 11) is 0. The predicted molar refractivity (Wildman–Crippen MR) is 133 cm³/mol. The van der Waals surface area contributed by atoms with Gasteiger partial charge in [-0.3, -0.25) is 9.59 Å². The number of benzene rings is 2. The fourth-order valence-corrected chi connectivity index (χ4v) is 5.75. The van der Waals surface area contributed by atoms with E-state index in [1.54, 1.807) is 0 Å². The number of carbonyl (C=O) groups excluding carboxylic acids is 1. The highest BCUT2D eigenvalue weighted by Crippen LogP contribution is 2.34. The SMILES string of the molecule is Cc1ccc(NC(=O)CSc2nc3scc(-c4ccc5c(c4)CCCC5)c3c(=O)[nH]2)cc1. The molecule has 1 aliphatic carbocycles. The van der Waals surface area contributed by atoms with Crippen LogP contribution in [0.15, 0.2) is 57.8 Å². The van der Waals surface area contributed by atoms with E-state index in [2.05, 4.69) is 33.5 Å². The van der Waals surface area contributed by atoms with E-state index >= 15 is 0 Å². The highest BCUT2D eigenvalue weighted by molar-refractivity contribution is 7.99. The van der Waals surface area contributed by atoms with Gasteiger partial charge in [0.15, 0.2) is 5.16 Å². The molecule has 32 heavy (non-hydrogen) atoms. The van der Waals surface area contributed by atoms with E-state index in [0.717, 1.165) is 35.2 Å². The van der Waals surface area contributed by atoms with Crippen molar-refractivity contribution in [1.29, 1.82) is 0 Å². The molecule has 0 saturated carbocycles. The zero-order valence-electron chi connectivity index (χ0n) is 17.7. The van der Waals surface area contributed by atoms with E-state index in [9.17, 15) is 9.59 Å². The average molecular weight is 462 g/mol. The summed E-state index contributed by atoms with van der Waals surface area (Å²) in [6.45, 7) is 2.00. The zero-order chi connectivity index (χ0) is 22.1. The third kappa shape index (κ3) is 4.36. The lowest BCUT2D eigenvalue weighted by atomic mass is 9.89. The first-order valence-electron chi connectivity index (χ1n) is 10.7. The molecule has 5 nitrogen and oxygen atoms in total. The molecule has 1 amide bonds. The van der Waals surface area contributed by atoms with E-state index in [4.69, 9.17) is 0 Å². The van der Waals surface area contributed by atoms with Crippen molar-refractivity contribution in [3.8, 4) is 11.1 Å². The Morgan fingerprint density at radius 1 is 1.12 bits per heavy atom. The Morgan fingerprint density at radius 3 is 2.72 bits per heavy atom. The lowest BCUT2D eigenvalue weighted by molar-refractivity contribution is -0.113. The van der Waals surface area contributed by atoms with Crippen molar-refractivity contribution >= 4 is 44.9 Å². The molecule has 1 aliphatic rings. The van der Waals surface area contributed by atoms with Gasteiger partial charge in [0.2, 0.25) is 5.91 Å². The molecule has 0 bridgehead atoms. The van der Waals surface area contributed by atoms with Crippen LogP contribution in [0.3, 0.4) is 0 Å². The van der Waals surface area contributed by atoms with Gasteiger partial charge in [-0.1, -0.05) is 47.7 Å². The zero-order valence-corrected chi connectivity index (χ0v) is 19.4. The molecule has 0 spiro atoms. The van der Waals surface area contributed by atoms with E-state index in [-0.39, 0.29) is 17.2 Å². The molecule has 7 heteroatoms. The molecule has 2 aromatic heterocycles. The molecular weight excluding hydrogens is 438 g/mol. The number of hydrogen-bond acceptors (Lipinski definition) is 5. The van der Waals surface area contributed by atoms with Crippen LogP contribution in [0.2, 0.25) is 0 Å². The summed E-state index contributed by atoms with van der Waals surface area (Å²) in [6.07, 6.45) is 4.72. The molecular formula is C25H23N3O2S2. The van der Waals surface area contributed by atoms with Gasteiger partial charge in [-0.25, -0.2) is 4.98 Å². The van der Waals surface area contributed by atoms with Gasteiger partial charge >= 0.3 is 0 Å². The Morgan fingerprint density at radius 2 is 1.91 bits per heavy atom. The molecule has 0 saturated heterocycles. The smallest absolute Gasteiger partial charge is 0.260 e. The second kappa shape index (κ2) is 8.92. The number of thioether (sulfide) groups is 1. The lowest BCUT2D eigenvalue weighted by Gasteiger charge is -2.16. The number of aromatic nitrogens is 2. The van der Waals surface area contributed by atoms with Crippen molar-refractivity contribution < 1.29 is 4.79 Å². The highest BCUT2D eigenvalue weighted by Gasteiger charge is 2.16. The Hall–Kier alpha value is -2.90. The molecule has 0 aliphatic heterocycles. The average Bonchev–Trinajstić information content (AvgIpc) is 3.24. The number of nitrogens with zero attached hydrogens (tertiary/aromatic N) is 1. The third-order valence-corrected chi connectivity index (χ3v) is 7.50. The number of H-pyrrole nitrogens is 1. The number of aryl methyl sites for hydroxylation is 3. The van der Waals surface area contributed by atoms with Gasteiger partial charge in [0.1, 0.15) is 4.83 Å². The van der Waals surface area contributed by atoms with Crippen LogP contribution in [0.5, 0.6) is 0 Å². The Labute approximate surface area is 194 Å². The monoisotopic (exact) mass is 461 g/mol. The second-order valence-electron chi connectivity index (χ2n) is 8.09. The molecule has 2 heterocycles. The van der Waals surface area contributed by atoms with Crippen molar-refractivity contribution in [1.82, 2.24) is 9.97 Å². The minimum absolute atomic E-state index is 0.137. The molecule has 5 rings (SSSR count). The fourth-order valence-electron chi connectivity index (χ4n) is 4.08. The quantitative estimate of drug-likeness (QED) is 0.301. The normalized spacial score (nSPS) is 13.2. The topological polar surface area (TPSA) is 74.8 Å². The van der Waals surface area contributed by atoms with Crippen molar-refractivity contribution in [2.45, 2.75) is 37.8 Å². The minimum Gasteiger partial charge on any atom is -0.325 e. The molecule has 0 unspecified atom stereocenters. The number of carbonyl (C=O) groups is 1. The Balaban J connectivity index is 1.34. The van der Waals surface area contributed by atoms with Gasteiger partial charge in [-0.2, -0.15) is 0 Å². The van der Waals surface area contributed by atoms with Crippen LogP contribution < -0.4 is 10.9 Å². The van der Waals surface area contributed by atoms with Crippen LogP contribution >= 0.6 is 23.1 Å². The molecule has 0 fully saturated rings. The largest absolute Gasteiger partial charge is 0.325 e. The summed E-state index contributed by atoms with van der Waals surface area (Å²) in [5.41, 5.74) is 6.55. The maximum absolute atomic E-state index is 12.9. The number of rotatable bonds is 5. The number of thiophene rings is 1. The number of anilines is 1. The fraction of sp³-hybridized carbons (Fsp3) is 0.240. The summed E-state index contributed by atoms with van der Waals surface area (Å²) in [5.74, 6) is 0.0355. The van der Waals surface area contributed by atoms with Crippen molar-refractivity contribution in [3.63, 3.8) is 0 Å². The van der Waals surface area contributed by atoms with Crippen LogP contribution in [-0.4, -0.2) is 21.6 Å².